The van der Waals surface area contributed by atoms with Gasteiger partial charge in [-0.15, -0.1) is 0 Å². The lowest BCUT2D eigenvalue weighted by atomic mass is 9.50. The van der Waals surface area contributed by atoms with Gasteiger partial charge in [-0.1, -0.05) is 31.1 Å². The molecular formula is C23H30O5. The third-order valence-electron chi connectivity index (χ3n) is 8.36. The van der Waals surface area contributed by atoms with Crippen molar-refractivity contribution in [2.24, 2.45) is 22.7 Å². The summed E-state index contributed by atoms with van der Waals surface area (Å²) in [6, 6.07) is 0. The fourth-order valence-corrected chi connectivity index (χ4v) is 6.61. The van der Waals surface area contributed by atoms with Crippen molar-refractivity contribution in [3.63, 3.8) is 0 Å². The van der Waals surface area contributed by atoms with Crippen LogP contribution in [-0.2, 0) is 19.1 Å². The molecule has 0 aromatic rings. The molecule has 0 aromatic carbocycles. The molecule has 4 rings (SSSR count). The van der Waals surface area contributed by atoms with E-state index in [1.54, 1.807) is 0 Å². The van der Waals surface area contributed by atoms with Gasteiger partial charge in [-0.25, -0.2) is 0 Å². The van der Waals surface area contributed by atoms with Gasteiger partial charge < -0.3 is 9.84 Å². The van der Waals surface area contributed by atoms with Gasteiger partial charge in [0.05, 0.1) is 0 Å². The number of hydrogen-bond donors (Lipinski definition) is 1. The van der Waals surface area contributed by atoms with Crippen LogP contribution < -0.4 is 0 Å². The van der Waals surface area contributed by atoms with Gasteiger partial charge in [-0.05, 0) is 56.4 Å². The van der Waals surface area contributed by atoms with Crippen molar-refractivity contribution in [2.45, 2.75) is 71.3 Å². The molecule has 0 bridgehead atoms. The van der Waals surface area contributed by atoms with Gasteiger partial charge in [-0.3, -0.25) is 14.4 Å². The van der Waals surface area contributed by atoms with Crippen molar-refractivity contribution < 1.29 is 24.2 Å². The Morgan fingerprint density at radius 1 is 1.21 bits per heavy atom. The number of allylic oxidation sites excluding steroid dienone is 4. The predicted molar refractivity (Wildman–Crippen MR) is 103 cm³/mol. The minimum absolute atomic E-state index is 0.0549. The fourth-order valence-electron chi connectivity index (χ4n) is 6.61. The van der Waals surface area contributed by atoms with E-state index in [0.717, 1.165) is 25.7 Å². The fraction of sp³-hybridized carbons (Fsp3) is 0.696. The smallest absolute Gasteiger partial charge is 0.303 e. The first kappa shape index (κ1) is 19.6. The molecule has 5 heteroatoms. The highest BCUT2D eigenvalue weighted by Gasteiger charge is 2.64. The van der Waals surface area contributed by atoms with Crippen molar-refractivity contribution in [1.82, 2.24) is 0 Å². The predicted octanol–water partition coefficient (Wildman–Crippen LogP) is 3.30. The lowest BCUT2D eigenvalue weighted by molar-refractivity contribution is -0.162. The first-order chi connectivity index (χ1) is 13.1. The quantitative estimate of drug-likeness (QED) is 0.595. The summed E-state index contributed by atoms with van der Waals surface area (Å²) in [5.41, 5.74) is 0.626. The van der Waals surface area contributed by atoms with Gasteiger partial charge in [0.25, 0.3) is 0 Å². The molecule has 0 amide bonds. The highest BCUT2D eigenvalue weighted by atomic mass is 16.5. The van der Waals surface area contributed by atoms with Crippen molar-refractivity contribution in [3.8, 4) is 0 Å². The standard InChI is InChI=1S/C23H30O5/c1-14(24)28-13-20(26)23(27)11-8-19-17-5-4-15-12-16(25)6-9-21(15,2)18(17)7-10-22(19,23)3/h7,12,17,19,27H,4-6,8-11,13H2,1-3H3/t17-,19+,21?,22?,23+/m1/s1. The molecule has 0 spiro atoms. The van der Waals surface area contributed by atoms with Crippen LogP contribution in [0.3, 0.4) is 0 Å². The van der Waals surface area contributed by atoms with Crippen LogP contribution in [0.15, 0.2) is 23.3 Å². The van der Waals surface area contributed by atoms with E-state index in [1.807, 2.05) is 13.0 Å². The second kappa shape index (κ2) is 6.38. The molecule has 4 aliphatic carbocycles. The number of ketones is 2. The van der Waals surface area contributed by atoms with Crippen LogP contribution in [0.1, 0.15) is 65.7 Å². The normalized spacial score (nSPS) is 41.9. The topological polar surface area (TPSA) is 80.7 Å². The van der Waals surface area contributed by atoms with Gasteiger partial charge in [0.2, 0.25) is 5.78 Å². The zero-order valence-corrected chi connectivity index (χ0v) is 17.0. The third-order valence-corrected chi connectivity index (χ3v) is 8.36. The molecule has 0 aliphatic heterocycles. The summed E-state index contributed by atoms with van der Waals surface area (Å²) in [4.78, 5) is 35.9. The zero-order chi connectivity index (χ0) is 20.3. The Balaban J connectivity index is 1.66. The summed E-state index contributed by atoms with van der Waals surface area (Å²) in [7, 11) is 0. The zero-order valence-electron chi connectivity index (χ0n) is 17.0. The van der Waals surface area contributed by atoms with Gasteiger partial charge in [0.15, 0.2) is 12.4 Å². The van der Waals surface area contributed by atoms with Gasteiger partial charge in [0.1, 0.15) is 5.60 Å². The SMILES string of the molecule is CC(=O)OCC(=O)[C@@]1(O)CC[C@H]2[C@@H]3CCC4=CC(=O)CCC4(C)C3=CCC21C. The van der Waals surface area contributed by atoms with Gasteiger partial charge in [0, 0.05) is 24.2 Å². The molecule has 0 radical (unpaired) electrons. The van der Waals surface area contributed by atoms with Crippen molar-refractivity contribution in [2.75, 3.05) is 6.61 Å². The number of rotatable bonds is 3. The number of carbonyl (C=O) groups excluding carboxylic acids is 3. The molecule has 2 fully saturated rings. The average molecular weight is 386 g/mol. The maximum absolute atomic E-state index is 12.8. The van der Waals surface area contributed by atoms with E-state index in [9.17, 15) is 19.5 Å². The largest absolute Gasteiger partial charge is 0.458 e. The Labute approximate surface area is 166 Å². The first-order valence-electron chi connectivity index (χ1n) is 10.5. The molecule has 0 heterocycles. The van der Waals surface area contributed by atoms with Gasteiger partial charge >= 0.3 is 5.97 Å². The maximum atomic E-state index is 12.8. The summed E-state index contributed by atoms with van der Waals surface area (Å²) in [5, 5.41) is 11.4. The van der Waals surface area contributed by atoms with Crippen LogP contribution in [0.25, 0.3) is 0 Å². The summed E-state index contributed by atoms with van der Waals surface area (Å²) >= 11 is 0. The van der Waals surface area contributed by atoms with E-state index in [2.05, 4.69) is 13.0 Å². The van der Waals surface area contributed by atoms with E-state index in [-0.39, 0.29) is 29.5 Å². The Morgan fingerprint density at radius 2 is 1.96 bits per heavy atom. The van der Waals surface area contributed by atoms with Crippen LogP contribution in [0.4, 0.5) is 0 Å². The molecule has 1 N–H and O–H groups in total. The number of ether oxygens (including phenoxy) is 1. The molecule has 5 nitrogen and oxygen atoms in total. The average Bonchev–Trinajstić information content (AvgIpc) is 2.92. The number of carbonyl (C=O) groups is 3. The van der Waals surface area contributed by atoms with E-state index in [0.29, 0.717) is 25.2 Å². The third kappa shape index (κ3) is 2.58. The minimum Gasteiger partial charge on any atom is -0.458 e. The van der Waals surface area contributed by atoms with Crippen LogP contribution >= 0.6 is 0 Å². The van der Waals surface area contributed by atoms with Crippen molar-refractivity contribution in [1.29, 1.82) is 0 Å². The monoisotopic (exact) mass is 386 g/mol. The van der Waals surface area contributed by atoms with Gasteiger partial charge in [-0.2, -0.15) is 0 Å². The summed E-state index contributed by atoms with van der Waals surface area (Å²) in [5.74, 6) is -0.0813. The van der Waals surface area contributed by atoms with Crippen molar-refractivity contribution in [3.05, 3.63) is 23.3 Å². The molecule has 5 atom stereocenters. The molecule has 0 saturated heterocycles. The molecule has 152 valence electrons. The Hall–Kier alpha value is -1.75. The molecule has 0 aromatic heterocycles. The molecule has 28 heavy (non-hydrogen) atoms. The minimum atomic E-state index is -1.45. The lowest BCUT2D eigenvalue weighted by Gasteiger charge is -2.54. The van der Waals surface area contributed by atoms with Crippen LogP contribution in [0, 0.1) is 22.7 Å². The number of aliphatic hydroxyl groups is 1. The van der Waals surface area contributed by atoms with E-state index in [4.69, 9.17) is 4.74 Å². The van der Waals surface area contributed by atoms with Crippen LogP contribution in [0.5, 0.6) is 0 Å². The number of hydrogen-bond acceptors (Lipinski definition) is 5. The number of esters is 1. The second-order valence-corrected chi connectivity index (χ2v) is 9.60. The number of fused-ring (bicyclic) bond motifs is 5. The van der Waals surface area contributed by atoms with Crippen molar-refractivity contribution >= 4 is 17.5 Å². The molecular weight excluding hydrogens is 356 g/mol. The van der Waals surface area contributed by atoms with E-state index in [1.165, 1.54) is 18.1 Å². The molecule has 2 saturated carbocycles. The summed E-state index contributed by atoms with van der Waals surface area (Å²) in [6.07, 6.45) is 9.31. The number of Topliss-reactive ketones (excluding diaryl/α,β-unsaturated/α-hetero) is 1. The Bertz CT molecular complexity index is 808. The Kier molecular flexibility index (Phi) is 4.46. The van der Waals surface area contributed by atoms with E-state index >= 15 is 0 Å². The summed E-state index contributed by atoms with van der Waals surface area (Å²) < 4.78 is 4.91. The molecule has 4 aliphatic rings. The van der Waals surface area contributed by atoms with E-state index < -0.39 is 17.0 Å². The highest BCUT2D eigenvalue weighted by molar-refractivity contribution is 5.92. The Morgan fingerprint density at radius 3 is 2.68 bits per heavy atom. The van der Waals surface area contributed by atoms with Crippen LogP contribution in [-0.4, -0.2) is 34.9 Å². The molecule has 2 unspecified atom stereocenters. The maximum Gasteiger partial charge on any atom is 0.303 e. The highest BCUT2D eigenvalue weighted by Crippen LogP contribution is 2.65. The lowest BCUT2D eigenvalue weighted by Crippen LogP contribution is -2.55. The summed E-state index contributed by atoms with van der Waals surface area (Å²) in [6.45, 7) is 5.21. The second-order valence-electron chi connectivity index (χ2n) is 9.60. The first-order valence-corrected chi connectivity index (χ1v) is 10.5. The van der Waals surface area contributed by atoms with Crippen LogP contribution in [0.2, 0.25) is 0 Å².